The van der Waals surface area contributed by atoms with Crippen molar-refractivity contribution in [3.63, 3.8) is 0 Å². The molecule has 0 saturated heterocycles. The van der Waals surface area contributed by atoms with Crippen LogP contribution in [0.3, 0.4) is 0 Å². The summed E-state index contributed by atoms with van der Waals surface area (Å²) in [7, 11) is -2.04. The van der Waals surface area contributed by atoms with Crippen LogP contribution in [0.2, 0.25) is 10.0 Å². The first kappa shape index (κ1) is 17.1. The SMILES string of the molecule is CCc1c(NS(=O)(=O)c2cc(C)c(Cl)cc2Cl)c(C)nn1C. The number of aryl methyl sites for hydroxylation is 3. The van der Waals surface area contributed by atoms with Gasteiger partial charge in [0, 0.05) is 12.1 Å². The highest BCUT2D eigenvalue weighted by molar-refractivity contribution is 7.92. The number of rotatable bonds is 4. The second kappa shape index (κ2) is 6.10. The van der Waals surface area contributed by atoms with Crippen LogP contribution >= 0.6 is 23.2 Å². The van der Waals surface area contributed by atoms with Gasteiger partial charge in [-0.15, -0.1) is 0 Å². The Labute approximate surface area is 140 Å². The van der Waals surface area contributed by atoms with E-state index in [0.717, 1.165) is 5.69 Å². The van der Waals surface area contributed by atoms with Crippen LogP contribution in [-0.2, 0) is 23.5 Å². The number of halogens is 2. The van der Waals surface area contributed by atoms with E-state index in [1.165, 1.54) is 12.1 Å². The van der Waals surface area contributed by atoms with Crippen LogP contribution in [0, 0.1) is 13.8 Å². The lowest BCUT2D eigenvalue weighted by Crippen LogP contribution is -2.15. The summed E-state index contributed by atoms with van der Waals surface area (Å²) in [5.74, 6) is 0. The van der Waals surface area contributed by atoms with E-state index in [1.54, 1.807) is 25.6 Å². The molecule has 1 N–H and O–H groups in total. The van der Waals surface area contributed by atoms with Crippen molar-refractivity contribution in [1.29, 1.82) is 0 Å². The van der Waals surface area contributed by atoms with E-state index < -0.39 is 10.0 Å². The molecule has 1 heterocycles. The molecule has 1 aromatic carbocycles. The monoisotopic (exact) mass is 361 g/mol. The van der Waals surface area contributed by atoms with Gasteiger partial charge in [-0.1, -0.05) is 30.1 Å². The highest BCUT2D eigenvalue weighted by Crippen LogP contribution is 2.31. The number of nitrogens with one attached hydrogen (secondary N) is 1. The second-order valence-electron chi connectivity index (χ2n) is 5.02. The third-order valence-electron chi connectivity index (χ3n) is 3.41. The molecule has 2 rings (SSSR count). The summed E-state index contributed by atoms with van der Waals surface area (Å²) in [6.07, 6.45) is 0.655. The second-order valence-corrected chi connectivity index (χ2v) is 7.49. The van der Waals surface area contributed by atoms with Gasteiger partial charge in [0.05, 0.1) is 22.1 Å². The maximum absolute atomic E-state index is 12.6. The van der Waals surface area contributed by atoms with Gasteiger partial charge < -0.3 is 0 Å². The van der Waals surface area contributed by atoms with E-state index in [9.17, 15) is 8.42 Å². The lowest BCUT2D eigenvalue weighted by atomic mass is 10.2. The number of nitrogens with zero attached hydrogens (tertiary/aromatic N) is 2. The van der Waals surface area contributed by atoms with E-state index in [0.29, 0.717) is 28.4 Å². The average Bonchev–Trinajstić information content (AvgIpc) is 2.67. The minimum Gasteiger partial charge on any atom is -0.276 e. The van der Waals surface area contributed by atoms with Gasteiger partial charge in [-0.3, -0.25) is 9.40 Å². The van der Waals surface area contributed by atoms with Crippen molar-refractivity contribution in [1.82, 2.24) is 9.78 Å². The predicted molar refractivity (Wildman–Crippen MR) is 89.3 cm³/mol. The fraction of sp³-hybridized carbons (Fsp3) is 0.357. The van der Waals surface area contributed by atoms with Gasteiger partial charge in [-0.25, -0.2) is 8.42 Å². The lowest BCUT2D eigenvalue weighted by Gasteiger charge is -2.12. The molecule has 0 saturated carbocycles. The Morgan fingerprint density at radius 3 is 2.45 bits per heavy atom. The van der Waals surface area contributed by atoms with Crippen molar-refractivity contribution < 1.29 is 8.42 Å². The molecule has 0 radical (unpaired) electrons. The van der Waals surface area contributed by atoms with Gasteiger partial charge in [0.15, 0.2) is 0 Å². The van der Waals surface area contributed by atoms with Crippen molar-refractivity contribution in [3.05, 3.63) is 39.1 Å². The summed E-state index contributed by atoms with van der Waals surface area (Å²) in [6, 6.07) is 2.90. The zero-order valence-corrected chi connectivity index (χ0v) is 15.1. The summed E-state index contributed by atoms with van der Waals surface area (Å²) in [5.41, 5.74) is 2.56. The first-order valence-corrected chi connectivity index (χ1v) is 8.92. The number of anilines is 1. The summed E-state index contributed by atoms with van der Waals surface area (Å²) in [6.45, 7) is 5.42. The highest BCUT2D eigenvalue weighted by Gasteiger charge is 2.23. The highest BCUT2D eigenvalue weighted by atomic mass is 35.5. The molecule has 1 aromatic heterocycles. The maximum atomic E-state index is 12.6. The summed E-state index contributed by atoms with van der Waals surface area (Å²) in [4.78, 5) is 0.00127. The van der Waals surface area contributed by atoms with E-state index in [-0.39, 0.29) is 9.92 Å². The van der Waals surface area contributed by atoms with Crippen LogP contribution in [-0.4, -0.2) is 18.2 Å². The van der Waals surface area contributed by atoms with Crippen LogP contribution in [0.1, 0.15) is 23.9 Å². The number of aromatic nitrogens is 2. The molecule has 8 heteroatoms. The van der Waals surface area contributed by atoms with E-state index >= 15 is 0 Å². The zero-order chi connectivity index (χ0) is 16.7. The Kier molecular flexibility index (Phi) is 4.75. The van der Waals surface area contributed by atoms with Crippen LogP contribution in [0.4, 0.5) is 5.69 Å². The van der Waals surface area contributed by atoms with Gasteiger partial charge in [0.25, 0.3) is 10.0 Å². The maximum Gasteiger partial charge on any atom is 0.263 e. The fourth-order valence-electron chi connectivity index (χ4n) is 2.27. The molecular weight excluding hydrogens is 345 g/mol. The van der Waals surface area contributed by atoms with Crippen LogP contribution in [0.25, 0.3) is 0 Å². The molecule has 0 aliphatic carbocycles. The molecule has 120 valence electrons. The molecule has 2 aromatic rings. The standard InChI is InChI=1S/C14H17Cl2N3O2S/c1-5-12-14(9(3)17-19(12)4)18-22(20,21)13-6-8(2)10(15)7-11(13)16/h6-7,18H,5H2,1-4H3. The topological polar surface area (TPSA) is 64.0 Å². The molecule has 5 nitrogen and oxygen atoms in total. The number of hydrogen-bond donors (Lipinski definition) is 1. The molecule has 22 heavy (non-hydrogen) atoms. The molecule has 0 bridgehead atoms. The average molecular weight is 362 g/mol. The minimum atomic E-state index is -3.82. The first-order chi connectivity index (χ1) is 10.2. The summed E-state index contributed by atoms with van der Waals surface area (Å²) in [5, 5.41) is 4.76. The van der Waals surface area contributed by atoms with Gasteiger partial charge in [0.2, 0.25) is 0 Å². The van der Waals surface area contributed by atoms with Gasteiger partial charge in [-0.2, -0.15) is 5.10 Å². The first-order valence-electron chi connectivity index (χ1n) is 6.68. The molecule has 0 aliphatic heterocycles. The van der Waals surface area contributed by atoms with E-state index in [4.69, 9.17) is 23.2 Å². The zero-order valence-electron chi connectivity index (χ0n) is 12.7. The molecule has 0 unspecified atom stereocenters. The smallest absolute Gasteiger partial charge is 0.263 e. The Bertz CT molecular complexity index is 829. The minimum absolute atomic E-state index is 0.00127. The molecule has 0 aliphatic rings. The number of hydrogen-bond acceptors (Lipinski definition) is 3. The van der Waals surface area contributed by atoms with Crippen molar-refractivity contribution in [3.8, 4) is 0 Å². The molecule has 0 spiro atoms. The normalized spacial score (nSPS) is 11.7. The third kappa shape index (κ3) is 3.09. The molecule has 0 fully saturated rings. The van der Waals surface area contributed by atoms with Crippen LogP contribution in [0.5, 0.6) is 0 Å². The van der Waals surface area contributed by atoms with Gasteiger partial charge in [0.1, 0.15) is 4.90 Å². The Morgan fingerprint density at radius 2 is 1.86 bits per heavy atom. The van der Waals surface area contributed by atoms with E-state index in [1.807, 2.05) is 6.92 Å². The Balaban J connectivity index is 2.52. The van der Waals surface area contributed by atoms with E-state index in [2.05, 4.69) is 9.82 Å². The lowest BCUT2D eigenvalue weighted by molar-refractivity contribution is 0.601. The quantitative estimate of drug-likeness (QED) is 0.902. The van der Waals surface area contributed by atoms with Crippen molar-refractivity contribution in [2.24, 2.45) is 7.05 Å². The summed E-state index contributed by atoms with van der Waals surface area (Å²) >= 11 is 12.0. The summed E-state index contributed by atoms with van der Waals surface area (Å²) < 4.78 is 29.5. The Morgan fingerprint density at radius 1 is 1.23 bits per heavy atom. The number of benzene rings is 1. The van der Waals surface area contributed by atoms with Crippen molar-refractivity contribution in [2.45, 2.75) is 32.1 Å². The number of sulfonamides is 1. The van der Waals surface area contributed by atoms with Crippen molar-refractivity contribution in [2.75, 3.05) is 4.72 Å². The molecular formula is C14H17Cl2N3O2S. The van der Waals surface area contributed by atoms with Gasteiger partial charge in [-0.05, 0) is 38.0 Å². The fourth-order valence-corrected chi connectivity index (χ4v) is 4.25. The van der Waals surface area contributed by atoms with Crippen LogP contribution in [0.15, 0.2) is 17.0 Å². The Hall–Kier alpha value is -1.24. The third-order valence-corrected chi connectivity index (χ3v) is 5.64. The molecule has 0 amide bonds. The van der Waals surface area contributed by atoms with Crippen molar-refractivity contribution >= 4 is 38.9 Å². The van der Waals surface area contributed by atoms with Crippen LogP contribution < -0.4 is 4.72 Å². The largest absolute Gasteiger partial charge is 0.276 e. The molecule has 0 atom stereocenters. The predicted octanol–water partition coefficient (Wildman–Crippen LogP) is 3.71. The van der Waals surface area contributed by atoms with Gasteiger partial charge >= 0.3 is 0 Å².